The zero-order valence-electron chi connectivity index (χ0n) is 14.6. The Morgan fingerprint density at radius 1 is 0.818 bits per heavy atom. The van der Waals surface area contributed by atoms with Crippen LogP contribution in [-0.2, 0) is 15.8 Å². The summed E-state index contributed by atoms with van der Waals surface area (Å²) >= 11 is 0. The highest BCUT2D eigenvalue weighted by Crippen LogP contribution is 2.44. The number of ether oxygens (including phenoxy) is 1. The Balaban J connectivity index is 3.29. The molecule has 22 heavy (non-hydrogen) atoms. The van der Waals surface area contributed by atoms with Gasteiger partial charge in [-0.2, -0.15) is 13.2 Å². The molecule has 4 heteroatoms. The molecule has 1 rings (SSSR count). The molecule has 0 aliphatic carbocycles. The second kappa shape index (κ2) is 5.88. The molecule has 0 saturated carbocycles. The van der Waals surface area contributed by atoms with Crippen molar-refractivity contribution in [2.75, 3.05) is 0 Å². The predicted octanol–water partition coefficient (Wildman–Crippen LogP) is 5.97. The second-order valence-electron chi connectivity index (χ2n) is 7.56. The topological polar surface area (TPSA) is 9.23 Å². The molecule has 1 atom stereocenters. The monoisotopic (exact) mass is 316 g/mol. The van der Waals surface area contributed by atoms with Crippen molar-refractivity contribution >= 4 is 0 Å². The average Bonchev–Trinajstić information content (AvgIpc) is 2.35. The fraction of sp³-hybridized carbons (Fsp3) is 0.667. The van der Waals surface area contributed by atoms with Gasteiger partial charge in [-0.25, -0.2) is 0 Å². The van der Waals surface area contributed by atoms with Crippen molar-refractivity contribution < 1.29 is 17.9 Å². The van der Waals surface area contributed by atoms with Crippen LogP contribution in [0.1, 0.15) is 66.0 Å². The Morgan fingerprint density at radius 2 is 1.23 bits per heavy atom. The van der Waals surface area contributed by atoms with Gasteiger partial charge in [-0.15, -0.1) is 0 Å². The van der Waals surface area contributed by atoms with E-state index in [1.165, 1.54) is 12.1 Å². The minimum atomic E-state index is -4.48. The Hall–Kier alpha value is -1.03. The minimum absolute atomic E-state index is 0.0575. The van der Waals surface area contributed by atoms with Gasteiger partial charge in [0.25, 0.3) is 0 Å². The van der Waals surface area contributed by atoms with Gasteiger partial charge >= 0.3 is 6.18 Å². The zero-order chi connectivity index (χ0) is 17.4. The molecule has 0 aliphatic rings. The van der Waals surface area contributed by atoms with Crippen molar-refractivity contribution in [3.63, 3.8) is 0 Å². The van der Waals surface area contributed by atoms with E-state index in [9.17, 15) is 13.2 Å². The van der Waals surface area contributed by atoms with Crippen LogP contribution in [0.3, 0.4) is 0 Å². The molecule has 0 N–H and O–H groups in total. The van der Waals surface area contributed by atoms with Gasteiger partial charge in [-0.3, -0.25) is 0 Å². The highest BCUT2D eigenvalue weighted by Gasteiger charge is 2.55. The first kappa shape index (κ1) is 19.0. The lowest BCUT2D eigenvalue weighted by atomic mass is 9.81. The molecule has 1 unspecified atom stereocenters. The highest BCUT2D eigenvalue weighted by atomic mass is 19.4. The molecule has 1 aromatic rings. The molecule has 0 heterocycles. The maximum Gasteiger partial charge on any atom is 0.421 e. The van der Waals surface area contributed by atoms with Crippen LogP contribution in [0.5, 0.6) is 0 Å². The summed E-state index contributed by atoms with van der Waals surface area (Å²) in [4.78, 5) is 0. The van der Waals surface area contributed by atoms with Gasteiger partial charge in [0.15, 0.2) is 5.60 Å². The van der Waals surface area contributed by atoms with Crippen LogP contribution >= 0.6 is 0 Å². The summed E-state index contributed by atoms with van der Waals surface area (Å²) in [6.07, 6.45) is -3.57. The van der Waals surface area contributed by atoms with Crippen molar-refractivity contribution in [1.29, 1.82) is 0 Å². The largest absolute Gasteiger partial charge is 0.421 e. The van der Waals surface area contributed by atoms with E-state index in [2.05, 4.69) is 20.8 Å². The lowest BCUT2D eigenvalue weighted by molar-refractivity contribution is -0.303. The SMILES string of the molecule is CCC(C)(C)c1ccc(C(C)(OC(C)(C)C)C(F)(F)F)cc1. The third-order valence-electron chi connectivity index (χ3n) is 4.15. The highest BCUT2D eigenvalue weighted by molar-refractivity contribution is 5.32. The second-order valence-corrected chi connectivity index (χ2v) is 7.56. The lowest BCUT2D eigenvalue weighted by Crippen LogP contribution is -2.46. The summed E-state index contributed by atoms with van der Waals surface area (Å²) in [6, 6.07) is 6.61. The lowest BCUT2D eigenvalue weighted by Gasteiger charge is -2.38. The summed E-state index contributed by atoms with van der Waals surface area (Å²) in [5.74, 6) is 0. The molecular formula is C18H27F3O. The Labute approximate surface area is 131 Å². The third-order valence-corrected chi connectivity index (χ3v) is 4.15. The number of hydrogen-bond donors (Lipinski definition) is 0. The van der Waals surface area contributed by atoms with E-state index in [1.54, 1.807) is 32.9 Å². The van der Waals surface area contributed by atoms with Gasteiger partial charge in [-0.1, -0.05) is 45.0 Å². The fourth-order valence-electron chi connectivity index (χ4n) is 2.34. The van der Waals surface area contributed by atoms with Crippen LogP contribution < -0.4 is 0 Å². The molecular weight excluding hydrogens is 289 g/mol. The molecule has 126 valence electrons. The van der Waals surface area contributed by atoms with E-state index in [1.807, 2.05) is 0 Å². The van der Waals surface area contributed by atoms with Gasteiger partial charge in [-0.05, 0) is 50.7 Å². The zero-order valence-corrected chi connectivity index (χ0v) is 14.6. The number of benzene rings is 1. The fourth-order valence-corrected chi connectivity index (χ4v) is 2.34. The predicted molar refractivity (Wildman–Crippen MR) is 84.0 cm³/mol. The third kappa shape index (κ3) is 4.03. The van der Waals surface area contributed by atoms with E-state index in [-0.39, 0.29) is 11.0 Å². The Bertz CT molecular complexity index is 495. The number of alkyl halides is 3. The van der Waals surface area contributed by atoms with Crippen molar-refractivity contribution in [3.05, 3.63) is 35.4 Å². The molecule has 0 fully saturated rings. The van der Waals surface area contributed by atoms with Crippen molar-refractivity contribution in [2.24, 2.45) is 0 Å². The van der Waals surface area contributed by atoms with Gasteiger partial charge in [0.1, 0.15) is 0 Å². The maximum absolute atomic E-state index is 13.6. The minimum Gasteiger partial charge on any atom is -0.355 e. The van der Waals surface area contributed by atoms with E-state index < -0.39 is 17.4 Å². The molecule has 1 nitrogen and oxygen atoms in total. The van der Waals surface area contributed by atoms with Crippen molar-refractivity contribution in [3.8, 4) is 0 Å². The molecule has 0 amide bonds. The average molecular weight is 316 g/mol. The molecule has 0 radical (unpaired) electrons. The molecule has 0 bridgehead atoms. The number of rotatable bonds is 4. The first-order valence-electron chi connectivity index (χ1n) is 7.61. The van der Waals surface area contributed by atoms with Gasteiger partial charge in [0.2, 0.25) is 0 Å². The van der Waals surface area contributed by atoms with Crippen LogP contribution in [0.15, 0.2) is 24.3 Å². The van der Waals surface area contributed by atoms with Crippen molar-refractivity contribution in [1.82, 2.24) is 0 Å². The molecule has 0 saturated heterocycles. The standard InChI is InChI=1S/C18H27F3O/c1-8-16(5,6)13-9-11-14(12-10-13)17(7,18(19,20)21)22-15(2,3)4/h9-12H,8H2,1-7H3. The summed E-state index contributed by atoms with van der Waals surface area (Å²) in [5.41, 5.74) is -2.12. The van der Waals surface area contributed by atoms with Crippen LogP contribution in [0, 0.1) is 0 Å². The summed E-state index contributed by atoms with van der Waals surface area (Å²) in [7, 11) is 0. The molecule has 1 aromatic carbocycles. The van der Waals surface area contributed by atoms with Gasteiger partial charge < -0.3 is 4.74 Å². The molecule has 0 spiro atoms. The Morgan fingerprint density at radius 3 is 1.55 bits per heavy atom. The number of hydrogen-bond acceptors (Lipinski definition) is 1. The van der Waals surface area contributed by atoms with E-state index >= 15 is 0 Å². The Kier molecular flexibility index (Phi) is 5.08. The van der Waals surface area contributed by atoms with Crippen LogP contribution in [0.25, 0.3) is 0 Å². The van der Waals surface area contributed by atoms with E-state index in [0.717, 1.165) is 18.9 Å². The summed E-state index contributed by atoms with van der Waals surface area (Å²) in [5, 5.41) is 0. The van der Waals surface area contributed by atoms with E-state index in [0.29, 0.717) is 0 Å². The smallest absolute Gasteiger partial charge is 0.355 e. The normalized spacial score (nSPS) is 16.5. The van der Waals surface area contributed by atoms with Crippen LogP contribution in [0.4, 0.5) is 13.2 Å². The van der Waals surface area contributed by atoms with Gasteiger partial charge in [0, 0.05) is 0 Å². The first-order valence-corrected chi connectivity index (χ1v) is 7.61. The van der Waals surface area contributed by atoms with Crippen LogP contribution in [-0.4, -0.2) is 11.8 Å². The summed E-state index contributed by atoms with van der Waals surface area (Å²) < 4.78 is 46.2. The van der Waals surface area contributed by atoms with Gasteiger partial charge in [0.05, 0.1) is 5.60 Å². The number of halogens is 3. The van der Waals surface area contributed by atoms with Crippen LogP contribution in [0.2, 0.25) is 0 Å². The molecule has 0 aliphatic heterocycles. The molecule has 0 aromatic heterocycles. The summed E-state index contributed by atoms with van der Waals surface area (Å²) in [6.45, 7) is 12.2. The quantitative estimate of drug-likeness (QED) is 0.665. The maximum atomic E-state index is 13.6. The first-order chi connectivity index (χ1) is 9.73. The van der Waals surface area contributed by atoms with Crippen molar-refractivity contribution in [2.45, 2.75) is 77.7 Å². The van der Waals surface area contributed by atoms with E-state index in [4.69, 9.17) is 4.74 Å².